The predicted molar refractivity (Wildman–Crippen MR) is 123 cm³/mol. The van der Waals surface area contributed by atoms with Gasteiger partial charge in [-0.25, -0.2) is 0 Å². The van der Waals surface area contributed by atoms with Crippen molar-refractivity contribution >= 4 is 5.78 Å². The second kappa shape index (κ2) is 5.95. The van der Waals surface area contributed by atoms with E-state index in [1.165, 1.54) is 11.1 Å². The minimum Gasteiger partial charge on any atom is -0.387 e. The summed E-state index contributed by atoms with van der Waals surface area (Å²) in [6, 6.07) is 0. The lowest BCUT2D eigenvalue weighted by atomic mass is 9.53. The summed E-state index contributed by atoms with van der Waals surface area (Å²) in [4.78, 5) is 12.1. The average molecular weight is 437 g/mol. The molecule has 4 aliphatic carbocycles. The Morgan fingerprint density at radius 2 is 1.72 bits per heavy atom. The number of aliphatic hydroxyl groups excluding tert-OH is 1. The highest BCUT2D eigenvalue weighted by atomic mass is 16.7. The highest BCUT2D eigenvalue weighted by molar-refractivity contribution is 5.93. The summed E-state index contributed by atoms with van der Waals surface area (Å²) in [5, 5.41) is 11.5. The molecule has 172 valence electrons. The summed E-state index contributed by atoms with van der Waals surface area (Å²) < 4.78 is 14.0. The fraction of sp³-hybridized carbons (Fsp3) is 0.679. The molecule has 0 aromatic rings. The molecule has 2 aliphatic heterocycles. The molecule has 3 fully saturated rings. The van der Waals surface area contributed by atoms with Gasteiger partial charge in [-0.1, -0.05) is 52.0 Å². The molecule has 6 aliphatic rings. The first-order valence-corrected chi connectivity index (χ1v) is 12.4. The van der Waals surface area contributed by atoms with Gasteiger partial charge in [0.1, 0.15) is 11.7 Å². The SMILES string of the molecule is CC1C(O)C2(OC1(C)C)OC13CCC(C2C)C1(C)C=CC1=C3C=CC2=CC(=O)CCC21C. The van der Waals surface area contributed by atoms with Gasteiger partial charge in [-0.15, -0.1) is 0 Å². The highest BCUT2D eigenvalue weighted by Gasteiger charge is 2.75. The van der Waals surface area contributed by atoms with Crippen LogP contribution in [0.1, 0.15) is 67.2 Å². The standard InChI is InChI=1S/C28H36O4/c1-16-20-11-14-27(32-28(16)23(30)17(2)24(3,4)31-28)22-8-7-18-15-19(29)9-12-25(18,5)21(22)10-13-26(20,27)6/h7-8,10,13,15-17,20,23,30H,9,11-12,14H2,1-6H3. The summed E-state index contributed by atoms with van der Waals surface area (Å²) in [6.45, 7) is 13.0. The maximum Gasteiger partial charge on any atom is 0.199 e. The van der Waals surface area contributed by atoms with Crippen LogP contribution in [0.15, 0.2) is 47.1 Å². The smallest absolute Gasteiger partial charge is 0.199 e. The molecular weight excluding hydrogens is 400 g/mol. The van der Waals surface area contributed by atoms with Crippen LogP contribution in [0.2, 0.25) is 0 Å². The zero-order chi connectivity index (χ0) is 22.9. The van der Waals surface area contributed by atoms with E-state index in [1.807, 2.05) is 6.08 Å². The second-order valence-electron chi connectivity index (χ2n) is 12.2. The number of rotatable bonds is 0. The van der Waals surface area contributed by atoms with Crippen LogP contribution in [0.25, 0.3) is 0 Å². The van der Waals surface area contributed by atoms with Crippen molar-refractivity contribution in [3.8, 4) is 0 Å². The lowest BCUT2D eigenvalue weighted by Gasteiger charge is -2.61. The number of ether oxygens (including phenoxy) is 2. The van der Waals surface area contributed by atoms with E-state index in [0.29, 0.717) is 12.3 Å². The van der Waals surface area contributed by atoms with Gasteiger partial charge in [0.25, 0.3) is 0 Å². The first-order valence-electron chi connectivity index (χ1n) is 12.4. The molecule has 6 rings (SSSR count). The number of carbonyl (C=O) groups excluding carboxylic acids is 1. The summed E-state index contributed by atoms with van der Waals surface area (Å²) in [7, 11) is 0. The van der Waals surface area contributed by atoms with Gasteiger partial charge in [0, 0.05) is 29.1 Å². The molecule has 1 N–H and O–H groups in total. The van der Waals surface area contributed by atoms with E-state index >= 15 is 0 Å². The molecule has 2 heterocycles. The summed E-state index contributed by atoms with van der Waals surface area (Å²) in [5.41, 5.74) is 2.32. The van der Waals surface area contributed by atoms with E-state index in [4.69, 9.17) is 9.47 Å². The Labute approximate surface area is 191 Å². The van der Waals surface area contributed by atoms with Crippen LogP contribution >= 0.6 is 0 Å². The van der Waals surface area contributed by atoms with Crippen molar-refractivity contribution in [3.63, 3.8) is 0 Å². The minimum absolute atomic E-state index is 0.0176. The molecule has 0 radical (unpaired) electrons. The van der Waals surface area contributed by atoms with Crippen LogP contribution in [0.3, 0.4) is 0 Å². The summed E-state index contributed by atoms with van der Waals surface area (Å²) >= 11 is 0. The molecule has 1 saturated carbocycles. The molecule has 4 nitrogen and oxygen atoms in total. The normalized spacial score (nSPS) is 52.7. The average Bonchev–Trinajstić information content (AvgIpc) is 3.06. The quantitative estimate of drug-likeness (QED) is 0.578. The van der Waals surface area contributed by atoms with Crippen LogP contribution in [0.5, 0.6) is 0 Å². The Morgan fingerprint density at radius 3 is 2.41 bits per heavy atom. The Kier molecular flexibility index (Phi) is 3.92. The van der Waals surface area contributed by atoms with Crippen molar-refractivity contribution in [2.45, 2.75) is 90.3 Å². The molecule has 0 amide bonds. The Bertz CT molecular complexity index is 1050. The lowest BCUT2D eigenvalue weighted by Crippen LogP contribution is -2.67. The third kappa shape index (κ3) is 2.14. The number of hydrogen-bond acceptors (Lipinski definition) is 4. The van der Waals surface area contributed by atoms with Crippen LogP contribution < -0.4 is 0 Å². The molecule has 8 atom stereocenters. The van der Waals surface area contributed by atoms with Crippen molar-refractivity contribution < 1.29 is 19.4 Å². The van der Waals surface area contributed by atoms with Crippen molar-refractivity contribution in [2.75, 3.05) is 0 Å². The molecule has 2 bridgehead atoms. The van der Waals surface area contributed by atoms with E-state index in [9.17, 15) is 9.90 Å². The van der Waals surface area contributed by atoms with Gasteiger partial charge in [0.05, 0.1) is 5.60 Å². The van der Waals surface area contributed by atoms with E-state index in [-0.39, 0.29) is 28.4 Å². The first kappa shape index (κ1) is 21.1. The molecule has 32 heavy (non-hydrogen) atoms. The molecule has 0 aromatic heterocycles. The van der Waals surface area contributed by atoms with E-state index in [1.54, 1.807) is 0 Å². The number of allylic oxidation sites excluding steroid dienone is 5. The van der Waals surface area contributed by atoms with Gasteiger partial charge in [-0.2, -0.15) is 0 Å². The van der Waals surface area contributed by atoms with E-state index < -0.39 is 23.1 Å². The molecule has 0 aromatic carbocycles. The topological polar surface area (TPSA) is 55.8 Å². The fourth-order valence-electron chi connectivity index (χ4n) is 8.17. The summed E-state index contributed by atoms with van der Waals surface area (Å²) in [6.07, 6.45) is 13.6. The number of fused-ring (bicyclic) bond motifs is 2. The van der Waals surface area contributed by atoms with E-state index in [0.717, 1.165) is 24.8 Å². The van der Waals surface area contributed by atoms with Gasteiger partial charge in [0.15, 0.2) is 11.6 Å². The largest absolute Gasteiger partial charge is 0.387 e. The molecule has 8 unspecified atom stereocenters. The van der Waals surface area contributed by atoms with Crippen LogP contribution in [-0.4, -0.2) is 34.0 Å². The van der Waals surface area contributed by atoms with Crippen LogP contribution in [-0.2, 0) is 14.3 Å². The highest BCUT2D eigenvalue weighted by Crippen LogP contribution is 2.71. The van der Waals surface area contributed by atoms with Gasteiger partial charge >= 0.3 is 0 Å². The van der Waals surface area contributed by atoms with Crippen molar-refractivity contribution in [1.82, 2.24) is 0 Å². The molecule has 4 heteroatoms. The lowest BCUT2D eigenvalue weighted by molar-refractivity contribution is -0.369. The maximum atomic E-state index is 12.1. The van der Waals surface area contributed by atoms with Crippen molar-refractivity contribution in [1.29, 1.82) is 0 Å². The number of hydrogen-bond donors (Lipinski definition) is 1. The molecule has 2 saturated heterocycles. The van der Waals surface area contributed by atoms with Gasteiger partial charge in [-0.05, 0) is 61.8 Å². The van der Waals surface area contributed by atoms with Crippen LogP contribution in [0, 0.1) is 28.6 Å². The number of carbonyl (C=O) groups is 1. The molecule has 1 spiro atoms. The number of ketones is 1. The first-order chi connectivity index (χ1) is 14.9. The fourth-order valence-corrected chi connectivity index (χ4v) is 8.17. The predicted octanol–water partition coefficient (Wildman–Crippen LogP) is 5.04. The zero-order valence-corrected chi connectivity index (χ0v) is 20.2. The molecular formula is C28H36O4. The monoisotopic (exact) mass is 436 g/mol. The van der Waals surface area contributed by atoms with Gasteiger partial charge < -0.3 is 14.6 Å². The summed E-state index contributed by atoms with van der Waals surface area (Å²) in [5.74, 6) is -0.352. The third-order valence-corrected chi connectivity index (χ3v) is 10.6. The van der Waals surface area contributed by atoms with Crippen molar-refractivity contribution in [3.05, 3.63) is 47.1 Å². The van der Waals surface area contributed by atoms with Crippen molar-refractivity contribution in [2.24, 2.45) is 28.6 Å². The van der Waals surface area contributed by atoms with E-state index in [2.05, 4.69) is 65.8 Å². The maximum absolute atomic E-state index is 12.1. The third-order valence-electron chi connectivity index (χ3n) is 10.6. The Morgan fingerprint density at radius 1 is 0.969 bits per heavy atom. The van der Waals surface area contributed by atoms with Gasteiger partial charge in [-0.3, -0.25) is 4.79 Å². The number of aliphatic hydroxyl groups is 1. The Balaban J connectivity index is 1.54. The zero-order valence-electron chi connectivity index (χ0n) is 20.2. The van der Waals surface area contributed by atoms with Gasteiger partial charge in [0.2, 0.25) is 0 Å². The Hall–Kier alpha value is -1.49. The van der Waals surface area contributed by atoms with Crippen LogP contribution in [0.4, 0.5) is 0 Å². The minimum atomic E-state index is -1.000. The second-order valence-corrected chi connectivity index (χ2v) is 12.2.